The van der Waals surface area contributed by atoms with Crippen LogP contribution in [0.5, 0.6) is 0 Å². The van der Waals surface area contributed by atoms with Crippen LogP contribution < -0.4 is 0 Å². The van der Waals surface area contributed by atoms with Gasteiger partial charge in [0.15, 0.2) is 0 Å². The molecule has 1 aliphatic heterocycles. The minimum atomic E-state index is -3.49. The van der Waals surface area contributed by atoms with Crippen LogP contribution in [0.15, 0.2) is 29.2 Å². The molecule has 1 aliphatic rings. The van der Waals surface area contributed by atoms with Crippen LogP contribution in [-0.2, 0) is 14.8 Å². The van der Waals surface area contributed by atoms with Crippen molar-refractivity contribution in [2.75, 3.05) is 32.8 Å². The second kappa shape index (κ2) is 6.93. The Kier molecular flexibility index (Phi) is 5.44. The fourth-order valence-corrected chi connectivity index (χ4v) is 3.86. The standard InChI is InChI=1S/C13H17IN2O4S/c1-2-20-13(17)15-7-9-16(10-8-15)21(18,19)12-5-3-11(14)4-6-12/h3-6H,2,7-10H2,1H3. The number of halogens is 1. The van der Waals surface area contributed by atoms with Gasteiger partial charge in [-0.2, -0.15) is 4.31 Å². The summed E-state index contributed by atoms with van der Waals surface area (Å²) in [4.78, 5) is 13.4. The highest BCUT2D eigenvalue weighted by molar-refractivity contribution is 14.1. The number of hydrogen-bond donors (Lipinski definition) is 0. The summed E-state index contributed by atoms with van der Waals surface area (Å²) < 4.78 is 32.3. The Morgan fingerprint density at radius 3 is 2.29 bits per heavy atom. The average Bonchev–Trinajstić information content (AvgIpc) is 2.48. The van der Waals surface area contributed by atoms with Gasteiger partial charge in [0.25, 0.3) is 0 Å². The summed E-state index contributed by atoms with van der Waals surface area (Å²) in [5.74, 6) is 0. The number of ether oxygens (including phenoxy) is 1. The maximum atomic E-state index is 12.5. The van der Waals surface area contributed by atoms with Crippen LogP contribution in [0.4, 0.5) is 4.79 Å². The van der Waals surface area contributed by atoms with Crippen molar-refractivity contribution in [3.8, 4) is 0 Å². The van der Waals surface area contributed by atoms with Crippen LogP contribution in [0.3, 0.4) is 0 Å². The predicted molar refractivity (Wildman–Crippen MR) is 86.5 cm³/mol. The predicted octanol–water partition coefficient (Wildman–Crippen LogP) is 1.75. The smallest absolute Gasteiger partial charge is 0.409 e. The van der Waals surface area contributed by atoms with E-state index in [9.17, 15) is 13.2 Å². The van der Waals surface area contributed by atoms with E-state index in [1.165, 1.54) is 9.21 Å². The fraction of sp³-hybridized carbons (Fsp3) is 0.462. The van der Waals surface area contributed by atoms with Crippen molar-refractivity contribution in [3.05, 3.63) is 27.8 Å². The molecule has 6 nitrogen and oxygen atoms in total. The number of carbonyl (C=O) groups is 1. The van der Waals surface area contributed by atoms with Gasteiger partial charge in [0, 0.05) is 29.7 Å². The van der Waals surface area contributed by atoms with Crippen molar-refractivity contribution in [2.24, 2.45) is 0 Å². The summed E-state index contributed by atoms with van der Waals surface area (Å²) in [6.07, 6.45) is -0.385. The summed E-state index contributed by atoms with van der Waals surface area (Å²) in [5.41, 5.74) is 0. The maximum absolute atomic E-state index is 12.5. The number of rotatable bonds is 3. The van der Waals surface area contributed by atoms with Gasteiger partial charge in [-0.1, -0.05) is 0 Å². The molecule has 0 spiro atoms. The van der Waals surface area contributed by atoms with Gasteiger partial charge in [0.2, 0.25) is 10.0 Å². The zero-order valence-electron chi connectivity index (χ0n) is 11.7. The number of benzene rings is 1. The van der Waals surface area contributed by atoms with Gasteiger partial charge in [-0.15, -0.1) is 0 Å². The Morgan fingerprint density at radius 2 is 1.76 bits per heavy atom. The van der Waals surface area contributed by atoms with Crippen LogP contribution in [0, 0.1) is 3.57 Å². The molecule has 0 radical (unpaired) electrons. The molecule has 0 bridgehead atoms. The SMILES string of the molecule is CCOC(=O)N1CCN(S(=O)(=O)c2ccc(I)cc2)CC1. The van der Waals surface area contributed by atoms with Gasteiger partial charge < -0.3 is 9.64 Å². The molecule has 1 fully saturated rings. The number of carbonyl (C=O) groups excluding carboxylic acids is 1. The molecule has 8 heteroatoms. The lowest BCUT2D eigenvalue weighted by Gasteiger charge is -2.33. The lowest BCUT2D eigenvalue weighted by Crippen LogP contribution is -2.50. The fourth-order valence-electron chi connectivity index (χ4n) is 2.08. The Hall–Kier alpha value is -0.870. The molecule has 0 N–H and O–H groups in total. The Bertz CT molecular complexity index is 595. The quantitative estimate of drug-likeness (QED) is 0.694. The molecule has 0 saturated carbocycles. The summed E-state index contributed by atoms with van der Waals surface area (Å²) >= 11 is 2.13. The van der Waals surface area contributed by atoms with Gasteiger partial charge in [0.05, 0.1) is 11.5 Å². The van der Waals surface area contributed by atoms with Gasteiger partial charge in [0.1, 0.15) is 0 Å². The van der Waals surface area contributed by atoms with Gasteiger partial charge >= 0.3 is 6.09 Å². The van der Waals surface area contributed by atoms with E-state index in [0.29, 0.717) is 19.7 Å². The lowest BCUT2D eigenvalue weighted by atomic mass is 10.4. The molecule has 21 heavy (non-hydrogen) atoms. The first-order valence-corrected chi connectivity index (χ1v) is 9.14. The third kappa shape index (κ3) is 3.86. The third-order valence-electron chi connectivity index (χ3n) is 3.22. The molecular formula is C13H17IN2O4S. The molecule has 1 heterocycles. The van der Waals surface area contributed by atoms with Crippen LogP contribution in [0.1, 0.15) is 6.92 Å². The van der Waals surface area contributed by atoms with E-state index in [2.05, 4.69) is 22.6 Å². The van der Waals surface area contributed by atoms with Crippen LogP contribution in [0.2, 0.25) is 0 Å². The molecule has 0 aromatic heterocycles. The number of amides is 1. The molecule has 0 atom stereocenters. The lowest BCUT2D eigenvalue weighted by molar-refractivity contribution is 0.0934. The van der Waals surface area contributed by atoms with E-state index in [1.54, 1.807) is 31.2 Å². The second-order valence-electron chi connectivity index (χ2n) is 4.54. The molecule has 1 saturated heterocycles. The minimum absolute atomic E-state index is 0.285. The number of nitrogens with zero attached hydrogens (tertiary/aromatic N) is 2. The summed E-state index contributed by atoms with van der Waals surface area (Å²) in [6.45, 7) is 3.33. The highest BCUT2D eigenvalue weighted by atomic mass is 127. The normalized spacial score (nSPS) is 16.8. The molecule has 0 unspecified atom stereocenters. The second-order valence-corrected chi connectivity index (χ2v) is 7.73. The minimum Gasteiger partial charge on any atom is -0.450 e. The highest BCUT2D eigenvalue weighted by Gasteiger charge is 2.30. The largest absolute Gasteiger partial charge is 0.450 e. The van der Waals surface area contributed by atoms with E-state index in [1.807, 2.05) is 0 Å². The molecule has 0 aliphatic carbocycles. The Labute approximate surface area is 138 Å². The zero-order valence-corrected chi connectivity index (χ0v) is 14.6. The first kappa shape index (κ1) is 16.5. The van der Waals surface area contributed by atoms with Crippen molar-refractivity contribution < 1.29 is 17.9 Å². The first-order chi connectivity index (χ1) is 9.95. The maximum Gasteiger partial charge on any atom is 0.409 e. The van der Waals surface area contributed by atoms with Crippen molar-refractivity contribution in [3.63, 3.8) is 0 Å². The van der Waals surface area contributed by atoms with E-state index >= 15 is 0 Å². The highest BCUT2D eigenvalue weighted by Crippen LogP contribution is 2.19. The number of piperazine rings is 1. The van der Waals surface area contributed by atoms with Crippen molar-refractivity contribution in [1.82, 2.24) is 9.21 Å². The van der Waals surface area contributed by atoms with E-state index in [4.69, 9.17) is 4.74 Å². The van der Waals surface area contributed by atoms with Crippen LogP contribution in [0.25, 0.3) is 0 Å². The summed E-state index contributed by atoms with van der Waals surface area (Å²) in [5, 5.41) is 0. The van der Waals surface area contributed by atoms with Crippen molar-refractivity contribution in [2.45, 2.75) is 11.8 Å². The third-order valence-corrected chi connectivity index (χ3v) is 5.85. The average molecular weight is 424 g/mol. The zero-order chi connectivity index (χ0) is 15.5. The molecule has 1 amide bonds. The Morgan fingerprint density at radius 1 is 1.19 bits per heavy atom. The summed E-state index contributed by atoms with van der Waals surface area (Å²) in [6, 6.07) is 6.74. The first-order valence-electron chi connectivity index (χ1n) is 6.62. The summed E-state index contributed by atoms with van der Waals surface area (Å²) in [7, 11) is -3.49. The van der Waals surface area contributed by atoms with Crippen molar-refractivity contribution in [1.29, 1.82) is 0 Å². The topological polar surface area (TPSA) is 66.9 Å². The molecule has 116 valence electrons. The van der Waals surface area contributed by atoms with E-state index < -0.39 is 10.0 Å². The van der Waals surface area contributed by atoms with E-state index in [0.717, 1.165) is 3.57 Å². The monoisotopic (exact) mass is 424 g/mol. The molecule has 2 rings (SSSR count). The van der Waals surface area contributed by atoms with Crippen LogP contribution >= 0.6 is 22.6 Å². The van der Waals surface area contributed by atoms with Gasteiger partial charge in [-0.25, -0.2) is 13.2 Å². The van der Waals surface area contributed by atoms with Crippen LogP contribution in [-0.4, -0.2) is 56.5 Å². The molecule has 1 aromatic carbocycles. The number of sulfonamides is 1. The van der Waals surface area contributed by atoms with Gasteiger partial charge in [-0.05, 0) is 53.8 Å². The van der Waals surface area contributed by atoms with E-state index in [-0.39, 0.29) is 24.1 Å². The van der Waals surface area contributed by atoms with Crippen molar-refractivity contribution >= 4 is 38.7 Å². The molecular weight excluding hydrogens is 407 g/mol. The Balaban J connectivity index is 2.04. The molecule has 1 aromatic rings. The number of hydrogen-bond acceptors (Lipinski definition) is 4. The van der Waals surface area contributed by atoms with Gasteiger partial charge in [-0.3, -0.25) is 0 Å².